The summed E-state index contributed by atoms with van der Waals surface area (Å²) in [5.41, 5.74) is 1.99. The number of benzene rings is 2. The second-order valence-corrected chi connectivity index (χ2v) is 11.0. The van der Waals surface area contributed by atoms with Crippen molar-refractivity contribution in [2.75, 3.05) is 19.1 Å². The number of rotatable bonds is 6. The Hall–Kier alpha value is -2.11. The molecule has 0 amide bonds. The van der Waals surface area contributed by atoms with Crippen LogP contribution in [0.2, 0.25) is 10.0 Å². The molecule has 0 spiro atoms. The molecule has 2 fully saturated rings. The monoisotopic (exact) mass is 491 g/mol. The van der Waals surface area contributed by atoms with Gasteiger partial charge in [0.05, 0.1) is 12.1 Å². The standard InChI is InChI=1S/C26H31Cl2NO4/c1-25(2)16-8-9-26(25,3)22(11-16)33-24(31)19-7-6-18(13-21(19)32-5)29(4)14-15-10-17(27)12-20(28)23(15)30/h6-7,10,12-13,16,22,30H,8-9,11,14H2,1-5H3. The van der Waals surface area contributed by atoms with E-state index < -0.39 is 0 Å². The van der Waals surface area contributed by atoms with E-state index in [4.69, 9.17) is 32.7 Å². The second-order valence-electron chi connectivity index (χ2n) is 10.1. The zero-order chi connectivity index (χ0) is 24.1. The Morgan fingerprint density at radius 2 is 1.94 bits per heavy atom. The molecule has 0 aromatic heterocycles. The molecule has 0 radical (unpaired) electrons. The fourth-order valence-corrected chi connectivity index (χ4v) is 6.21. The van der Waals surface area contributed by atoms with Gasteiger partial charge in [-0.3, -0.25) is 0 Å². The summed E-state index contributed by atoms with van der Waals surface area (Å²) >= 11 is 12.1. The predicted octanol–water partition coefficient (Wildman–Crippen LogP) is 6.72. The topological polar surface area (TPSA) is 59.0 Å². The molecule has 4 rings (SSSR count). The van der Waals surface area contributed by atoms with Gasteiger partial charge in [-0.1, -0.05) is 44.0 Å². The minimum atomic E-state index is -0.352. The smallest absolute Gasteiger partial charge is 0.342 e. The molecule has 2 saturated carbocycles. The molecular weight excluding hydrogens is 461 g/mol. The number of hydrogen-bond donors (Lipinski definition) is 1. The minimum Gasteiger partial charge on any atom is -0.506 e. The number of aromatic hydroxyl groups is 1. The van der Waals surface area contributed by atoms with Gasteiger partial charge in [0.25, 0.3) is 0 Å². The number of carbonyl (C=O) groups excluding carboxylic acids is 1. The Kier molecular flexibility index (Phi) is 6.25. The van der Waals surface area contributed by atoms with Gasteiger partial charge in [0, 0.05) is 41.3 Å². The van der Waals surface area contributed by atoms with Crippen molar-refractivity contribution < 1.29 is 19.4 Å². The minimum absolute atomic E-state index is 0.000946. The zero-order valence-corrected chi connectivity index (χ0v) is 21.3. The van der Waals surface area contributed by atoms with Gasteiger partial charge in [-0.25, -0.2) is 4.79 Å². The first-order chi connectivity index (χ1) is 15.5. The average Bonchev–Trinajstić information content (AvgIpc) is 3.10. The van der Waals surface area contributed by atoms with Crippen LogP contribution in [0.3, 0.4) is 0 Å². The Balaban J connectivity index is 1.52. The average molecular weight is 492 g/mol. The number of carbonyl (C=O) groups is 1. The highest BCUT2D eigenvalue weighted by molar-refractivity contribution is 6.35. The van der Waals surface area contributed by atoms with Crippen molar-refractivity contribution in [1.29, 1.82) is 0 Å². The molecule has 2 aliphatic carbocycles. The van der Waals surface area contributed by atoms with Crippen molar-refractivity contribution in [3.05, 3.63) is 51.5 Å². The molecular formula is C26H31Cl2NO4. The summed E-state index contributed by atoms with van der Waals surface area (Å²) in [6.07, 6.45) is 3.13. The first kappa shape index (κ1) is 24.0. The normalized spacial score (nSPS) is 25.2. The van der Waals surface area contributed by atoms with Gasteiger partial charge in [-0.15, -0.1) is 0 Å². The van der Waals surface area contributed by atoms with Crippen LogP contribution in [-0.2, 0) is 11.3 Å². The van der Waals surface area contributed by atoms with Crippen LogP contribution in [0, 0.1) is 16.7 Å². The first-order valence-electron chi connectivity index (χ1n) is 11.2. The number of fused-ring (bicyclic) bond motifs is 2. The summed E-state index contributed by atoms with van der Waals surface area (Å²) in [5.74, 6) is 0.692. The highest BCUT2D eigenvalue weighted by Gasteiger charge is 2.62. The van der Waals surface area contributed by atoms with Crippen LogP contribution < -0.4 is 9.64 Å². The number of esters is 1. The molecule has 2 bridgehead atoms. The highest BCUT2D eigenvalue weighted by atomic mass is 35.5. The van der Waals surface area contributed by atoms with Gasteiger partial charge in [0.15, 0.2) is 0 Å². The van der Waals surface area contributed by atoms with E-state index in [0.29, 0.717) is 34.4 Å². The summed E-state index contributed by atoms with van der Waals surface area (Å²) in [7, 11) is 3.42. The number of ether oxygens (including phenoxy) is 2. The molecule has 2 aromatic rings. The molecule has 3 unspecified atom stereocenters. The number of halogens is 2. The molecule has 1 N–H and O–H groups in total. The summed E-state index contributed by atoms with van der Waals surface area (Å²) in [4.78, 5) is 15.0. The van der Waals surface area contributed by atoms with Crippen molar-refractivity contribution in [2.45, 2.75) is 52.7 Å². The van der Waals surface area contributed by atoms with E-state index in [1.54, 1.807) is 25.3 Å². The number of methoxy groups -OCH3 is 1. The van der Waals surface area contributed by atoms with Gasteiger partial charge < -0.3 is 19.5 Å². The van der Waals surface area contributed by atoms with Gasteiger partial charge in [-0.05, 0) is 54.9 Å². The van der Waals surface area contributed by atoms with E-state index in [2.05, 4.69) is 20.8 Å². The number of nitrogens with zero attached hydrogens (tertiary/aromatic N) is 1. The van der Waals surface area contributed by atoms with Crippen LogP contribution >= 0.6 is 23.2 Å². The lowest BCUT2D eigenvalue weighted by Crippen LogP contribution is -2.38. The maximum Gasteiger partial charge on any atom is 0.342 e. The maximum absolute atomic E-state index is 13.1. The fraction of sp³-hybridized carbons (Fsp3) is 0.500. The van der Waals surface area contributed by atoms with Crippen LogP contribution in [0.4, 0.5) is 5.69 Å². The molecule has 7 heteroatoms. The van der Waals surface area contributed by atoms with E-state index in [9.17, 15) is 9.90 Å². The summed E-state index contributed by atoms with van der Waals surface area (Å²) in [6, 6.07) is 8.56. The third-order valence-electron chi connectivity index (χ3n) is 8.32. The Morgan fingerprint density at radius 3 is 2.55 bits per heavy atom. The predicted molar refractivity (Wildman–Crippen MR) is 132 cm³/mol. The number of hydrogen-bond acceptors (Lipinski definition) is 5. The van der Waals surface area contributed by atoms with Crippen LogP contribution in [0.15, 0.2) is 30.3 Å². The van der Waals surface area contributed by atoms with Crippen molar-refractivity contribution >= 4 is 34.9 Å². The molecule has 2 aliphatic rings. The summed E-state index contributed by atoms with van der Waals surface area (Å²) in [6.45, 7) is 7.23. The molecule has 5 nitrogen and oxygen atoms in total. The SMILES string of the molecule is COc1cc(N(C)Cc2cc(Cl)cc(Cl)c2O)ccc1C(=O)OC1CC2CCC1(C)C2(C)C. The third-order valence-corrected chi connectivity index (χ3v) is 8.83. The van der Waals surface area contributed by atoms with Gasteiger partial charge >= 0.3 is 5.97 Å². The fourth-order valence-electron chi connectivity index (χ4n) is 5.67. The molecule has 2 aromatic carbocycles. The van der Waals surface area contributed by atoms with Crippen LogP contribution in [0.1, 0.15) is 56.0 Å². The lowest BCUT2D eigenvalue weighted by Gasteiger charge is -2.38. The van der Waals surface area contributed by atoms with E-state index in [0.717, 1.165) is 18.5 Å². The van der Waals surface area contributed by atoms with E-state index in [1.807, 2.05) is 18.0 Å². The van der Waals surface area contributed by atoms with Crippen LogP contribution in [-0.4, -0.2) is 31.3 Å². The second kappa shape index (κ2) is 8.59. The number of anilines is 1. The Labute approximate surface area is 205 Å². The van der Waals surface area contributed by atoms with Crippen molar-refractivity contribution in [2.24, 2.45) is 16.7 Å². The van der Waals surface area contributed by atoms with Gasteiger partial charge in [0.2, 0.25) is 0 Å². The lowest BCUT2D eigenvalue weighted by molar-refractivity contribution is -0.0244. The van der Waals surface area contributed by atoms with Gasteiger partial charge in [0.1, 0.15) is 23.2 Å². The highest BCUT2D eigenvalue weighted by Crippen LogP contribution is 2.66. The van der Waals surface area contributed by atoms with Crippen molar-refractivity contribution in [1.82, 2.24) is 0 Å². The molecule has 0 aliphatic heterocycles. The largest absolute Gasteiger partial charge is 0.506 e. The molecule has 3 atom stereocenters. The van der Waals surface area contributed by atoms with Crippen molar-refractivity contribution in [3.8, 4) is 11.5 Å². The van der Waals surface area contributed by atoms with Crippen LogP contribution in [0.5, 0.6) is 11.5 Å². The van der Waals surface area contributed by atoms with E-state index >= 15 is 0 Å². The summed E-state index contributed by atoms with van der Waals surface area (Å²) < 4.78 is 11.6. The molecule has 0 heterocycles. The Morgan fingerprint density at radius 1 is 1.21 bits per heavy atom. The van der Waals surface area contributed by atoms with E-state index in [-0.39, 0.29) is 33.7 Å². The van der Waals surface area contributed by atoms with E-state index in [1.165, 1.54) is 12.5 Å². The van der Waals surface area contributed by atoms with Crippen molar-refractivity contribution in [3.63, 3.8) is 0 Å². The zero-order valence-electron chi connectivity index (χ0n) is 19.7. The third kappa shape index (κ3) is 4.04. The molecule has 178 valence electrons. The Bertz CT molecular complexity index is 1090. The van der Waals surface area contributed by atoms with Crippen LogP contribution in [0.25, 0.3) is 0 Å². The number of phenols is 1. The number of phenolic OH excluding ortho intramolecular Hbond substituents is 1. The quantitative estimate of drug-likeness (QED) is 0.454. The first-order valence-corrected chi connectivity index (χ1v) is 12.0. The summed E-state index contributed by atoms with van der Waals surface area (Å²) in [5, 5.41) is 10.9. The lowest BCUT2D eigenvalue weighted by atomic mass is 9.70. The molecule has 0 saturated heterocycles. The molecule has 33 heavy (non-hydrogen) atoms. The van der Waals surface area contributed by atoms with Gasteiger partial charge in [-0.2, -0.15) is 0 Å². The maximum atomic E-state index is 13.1.